The van der Waals surface area contributed by atoms with Crippen LogP contribution in [0.15, 0.2) is 58.0 Å². The van der Waals surface area contributed by atoms with Gasteiger partial charge in [0.1, 0.15) is 17.0 Å². The van der Waals surface area contributed by atoms with Crippen molar-refractivity contribution in [1.29, 1.82) is 0 Å². The zero-order valence-electron chi connectivity index (χ0n) is 20.7. The number of furan rings is 1. The third kappa shape index (κ3) is 4.91. The summed E-state index contributed by atoms with van der Waals surface area (Å²) in [5.74, 6) is -1.81. The van der Waals surface area contributed by atoms with E-state index in [-0.39, 0.29) is 43.3 Å². The fourth-order valence-electron chi connectivity index (χ4n) is 4.53. The van der Waals surface area contributed by atoms with E-state index in [1.54, 1.807) is 24.1 Å². The van der Waals surface area contributed by atoms with E-state index < -0.39 is 27.6 Å². The Kier molecular flexibility index (Phi) is 7.21. The number of carbonyl (C=O) groups is 1. The molecule has 200 valence electrons. The predicted octanol–water partition coefficient (Wildman–Crippen LogP) is 5.12. The predicted molar refractivity (Wildman–Crippen MR) is 139 cm³/mol. The van der Waals surface area contributed by atoms with Crippen LogP contribution in [0.25, 0.3) is 10.2 Å². The molecule has 0 radical (unpaired) electrons. The fourth-order valence-corrected chi connectivity index (χ4v) is 7.06. The summed E-state index contributed by atoms with van der Waals surface area (Å²) in [7, 11) is -2.46. The van der Waals surface area contributed by atoms with Crippen molar-refractivity contribution in [2.45, 2.75) is 31.2 Å². The zero-order chi connectivity index (χ0) is 27.0. The maximum absolute atomic E-state index is 13.8. The summed E-state index contributed by atoms with van der Waals surface area (Å²) in [6, 6.07) is 9.80. The Morgan fingerprint density at radius 1 is 1.18 bits per heavy atom. The third-order valence-electron chi connectivity index (χ3n) is 6.64. The molecule has 0 unspecified atom stereocenters. The summed E-state index contributed by atoms with van der Waals surface area (Å²) < 4.78 is 66.1. The minimum atomic E-state index is -4.03. The van der Waals surface area contributed by atoms with Gasteiger partial charge in [-0.05, 0) is 61.7 Å². The van der Waals surface area contributed by atoms with Gasteiger partial charge in [-0.25, -0.2) is 22.2 Å². The number of aryl methyl sites for hydroxylation is 1. The molecule has 2 aromatic carbocycles. The standard InChI is InChI=1S/C26H25F2N3O5S2/c1-16-5-8-22(35-2)23-24(16)37-26(29-23)31(15-18-4-3-13-36-18)25(32)17-9-11-30(12-10-17)38(33,34)19-6-7-20(27)21(28)14-19/h3-8,13-14,17H,9-12,15H2,1-2H3. The van der Waals surface area contributed by atoms with Crippen LogP contribution in [-0.4, -0.2) is 43.8 Å². The normalized spacial score (nSPS) is 15.2. The highest BCUT2D eigenvalue weighted by molar-refractivity contribution is 7.89. The number of thiazole rings is 1. The van der Waals surface area contributed by atoms with Crippen molar-refractivity contribution in [1.82, 2.24) is 9.29 Å². The van der Waals surface area contributed by atoms with Gasteiger partial charge in [-0.1, -0.05) is 17.4 Å². The summed E-state index contributed by atoms with van der Waals surface area (Å²) in [6.07, 6.45) is 2.07. The number of hydrogen-bond donors (Lipinski definition) is 0. The van der Waals surface area contributed by atoms with Gasteiger partial charge >= 0.3 is 0 Å². The van der Waals surface area contributed by atoms with Crippen LogP contribution < -0.4 is 9.64 Å². The van der Waals surface area contributed by atoms with Crippen molar-refractivity contribution in [2.75, 3.05) is 25.1 Å². The number of amides is 1. The number of halogens is 2. The average molecular weight is 562 g/mol. The Hall–Kier alpha value is -3.35. The molecular formula is C26H25F2N3O5S2. The van der Waals surface area contributed by atoms with Crippen molar-refractivity contribution >= 4 is 42.6 Å². The van der Waals surface area contributed by atoms with Gasteiger partial charge in [0, 0.05) is 19.0 Å². The second kappa shape index (κ2) is 10.4. The summed E-state index contributed by atoms with van der Waals surface area (Å²) in [5, 5.41) is 0.492. The molecule has 38 heavy (non-hydrogen) atoms. The Bertz CT molecular complexity index is 1580. The van der Waals surface area contributed by atoms with Crippen molar-refractivity contribution in [3.63, 3.8) is 0 Å². The van der Waals surface area contributed by atoms with Crippen LogP contribution >= 0.6 is 11.3 Å². The first kappa shape index (κ1) is 26.3. The van der Waals surface area contributed by atoms with Crippen LogP contribution in [0.4, 0.5) is 13.9 Å². The van der Waals surface area contributed by atoms with Gasteiger partial charge in [-0.3, -0.25) is 9.69 Å². The van der Waals surface area contributed by atoms with Crippen LogP contribution in [-0.2, 0) is 21.4 Å². The number of rotatable bonds is 7. The van der Waals surface area contributed by atoms with E-state index in [1.165, 1.54) is 21.9 Å². The van der Waals surface area contributed by atoms with Gasteiger partial charge < -0.3 is 9.15 Å². The van der Waals surface area contributed by atoms with Crippen molar-refractivity contribution in [3.8, 4) is 5.75 Å². The number of aromatic nitrogens is 1. The number of anilines is 1. The van der Waals surface area contributed by atoms with Gasteiger partial charge in [0.2, 0.25) is 15.9 Å². The van der Waals surface area contributed by atoms with Gasteiger partial charge in [-0.15, -0.1) is 0 Å². The van der Waals surface area contributed by atoms with E-state index in [2.05, 4.69) is 0 Å². The molecule has 1 fully saturated rings. The van der Waals surface area contributed by atoms with Crippen LogP contribution in [0.5, 0.6) is 5.75 Å². The minimum Gasteiger partial charge on any atom is -0.494 e. The smallest absolute Gasteiger partial charge is 0.243 e. The van der Waals surface area contributed by atoms with E-state index >= 15 is 0 Å². The van der Waals surface area contributed by atoms with Gasteiger partial charge in [0.05, 0.1) is 29.5 Å². The summed E-state index contributed by atoms with van der Waals surface area (Å²) >= 11 is 1.38. The number of methoxy groups -OCH3 is 1. The molecule has 1 aliphatic rings. The van der Waals surface area contributed by atoms with Crippen molar-refractivity contribution in [2.24, 2.45) is 5.92 Å². The van der Waals surface area contributed by atoms with E-state index in [1.807, 2.05) is 19.1 Å². The molecule has 0 atom stereocenters. The van der Waals surface area contributed by atoms with Crippen LogP contribution in [0.3, 0.4) is 0 Å². The lowest BCUT2D eigenvalue weighted by Gasteiger charge is -2.32. The SMILES string of the molecule is COc1ccc(C)c2sc(N(Cc3ccco3)C(=O)C3CCN(S(=O)(=O)c4ccc(F)c(F)c4)CC3)nc12. The maximum atomic E-state index is 13.8. The molecule has 3 heterocycles. The second-order valence-electron chi connectivity index (χ2n) is 9.02. The molecule has 8 nitrogen and oxygen atoms in total. The Labute approximate surface area is 222 Å². The number of carbonyl (C=O) groups excluding carboxylic acids is 1. The van der Waals surface area contributed by atoms with Gasteiger partial charge in [0.15, 0.2) is 16.8 Å². The number of benzene rings is 2. The van der Waals surface area contributed by atoms with E-state index in [0.717, 1.165) is 22.4 Å². The summed E-state index contributed by atoms with van der Waals surface area (Å²) in [6.45, 7) is 2.27. The largest absolute Gasteiger partial charge is 0.494 e. The highest BCUT2D eigenvalue weighted by Gasteiger charge is 2.35. The number of sulfonamides is 1. The second-order valence-corrected chi connectivity index (χ2v) is 11.9. The Morgan fingerprint density at radius 2 is 1.95 bits per heavy atom. The molecule has 1 aliphatic heterocycles. The molecular weight excluding hydrogens is 536 g/mol. The highest BCUT2D eigenvalue weighted by atomic mass is 32.2. The van der Waals surface area contributed by atoms with Crippen LogP contribution in [0.1, 0.15) is 24.2 Å². The van der Waals surface area contributed by atoms with E-state index in [4.69, 9.17) is 14.1 Å². The summed E-state index contributed by atoms with van der Waals surface area (Å²) in [5.41, 5.74) is 1.67. The van der Waals surface area contributed by atoms with Crippen molar-refractivity contribution in [3.05, 3.63) is 71.7 Å². The molecule has 1 saturated heterocycles. The first-order valence-corrected chi connectivity index (χ1v) is 14.2. The molecule has 12 heteroatoms. The highest BCUT2D eigenvalue weighted by Crippen LogP contribution is 2.38. The lowest BCUT2D eigenvalue weighted by atomic mass is 9.96. The van der Waals surface area contributed by atoms with E-state index in [9.17, 15) is 22.0 Å². The van der Waals surface area contributed by atoms with E-state index in [0.29, 0.717) is 28.2 Å². The molecule has 5 rings (SSSR count). The topological polar surface area (TPSA) is 93.0 Å². The number of nitrogens with zero attached hydrogens (tertiary/aromatic N) is 3. The van der Waals surface area contributed by atoms with Crippen molar-refractivity contribution < 1.29 is 31.1 Å². The maximum Gasteiger partial charge on any atom is 0.243 e. The first-order chi connectivity index (χ1) is 18.2. The first-order valence-electron chi connectivity index (χ1n) is 11.9. The lowest BCUT2D eigenvalue weighted by Crippen LogP contribution is -2.44. The monoisotopic (exact) mass is 561 g/mol. The molecule has 2 aromatic heterocycles. The molecule has 0 aliphatic carbocycles. The van der Waals surface area contributed by atoms with Gasteiger partial charge in [0.25, 0.3) is 0 Å². The fraction of sp³-hybridized carbons (Fsp3) is 0.308. The number of piperidine rings is 1. The molecule has 1 amide bonds. The molecule has 0 saturated carbocycles. The van der Waals surface area contributed by atoms with Crippen LogP contribution in [0, 0.1) is 24.5 Å². The number of hydrogen-bond acceptors (Lipinski definition) is 7. The minimum absolute atomic E-state index is 0.0686. The molecule has 0 bridgehead atoms. The Morgan fingerprint density at radius 3 is 2.61 bits per heavy atom. The molecule has 0 N–H and O–H groups in total. The quantitative estimate of drug-likeness (QED) is 0.311. The number of ether oxygens (including phenoxy) is 1. The third-order valence-corrected chi connectivity index (χ3v) is 9.74. The summed E-state index contributed by atoms with van der Waals surface area (Å²) in [4.78, 5) is 19.8. The van der Waals surface area contributed by atoms with Crippen LogP contribution in [0.2, 0.25) is 0 Å². The molecule has 0 spiro atoms. The van der Waals surface area contributed by atoms with Gasteiger partial charge in [-0.2, -0.15) is 4.31 Å². The molecule has 4 aromatic rings. The lowest BCUT2D eigenvalue weighted by molar-refractivity contribution is -0.123. The average Bonchev–Trinajstić information content (AvgIpc) is 3.59. The zero-order valence-corrected chi connectivity index (χ0v) is 22.3. The Balaban J connectivity index is 1.39. The number of fused-ring (bicyclic) bond motifs is 1.